The second-order valence-electron chi connectivity index (χ2n) is 8.74. The fourth-order valence-electron chi connectivity index (χ4n) is 4.50. The lowest BCUT2D eigenvalue weighted by Crippen LogP contribution is -1.92. The zero-order chi connectivity index (χ0) is 24.6. The number of hydrogen-bond donors (Lipinski definition) is 0. The van der Waals surface area contributed by atoms with Crippen molar-refractivity contribution in [3.63, 3.8) is 0 Å². The van der Waals surface area contributed by atoms with Crippen molar-refractivity contribution in [2.24, 2.45) is 0 Å². The highest BCUT2D eigenvalue weighted by atomic mass is 32.1. The van der Waals surface area contributed by atoms with Gasteiger partial charge >= 0.3 is 0 Å². The van der Waals surface area contributed by atoms with E-state index in [1.807, 2.05) is 73.7 Å². The van der Waals surface area contributed by atoms with E-state index in [-0.39, 0.29) is 11.6 Å². The van der Waals surface area contributed by atoms with Gasteiger partial charge in [0.2, 0.25) is 0 Å². The minimum absolute atomic E-state index is 0.339. The summed E-state index contributed by atoms with van der Waals surface area (Å²) in [6.07, 6.45) is 0. The van der Waals surface area contributed by atoms with Crippen LogP contribution < -0.4 is 0 Å². The predicted octanol–water partition coefficient (Wildman–Crippen LogP) is 8.95. The Morgan fingerprint density at radius 3 is 1.44 bits per heavy atom. The lowest BCUT2D eigenvalue weighted by molar-refractivity contribution is 0.631. The Kier molecular flexibility index (Phi) is 5.62. The second-order valence-corrected chi connectivity index (χ2v) is 9.27. The number of nitrogens with zero attached hydrogens (tertiary/aromatic N) is 2. The smallest absolute Gasteiger partial charge is 0.131 e. The SMILES string of the molecule is Cc1ccc(-c2ccc(-c3ccc(-c4ccc(-c5ccccc5)cc4F)c4nsnc34)c(F)c2)cc1. The van der Waals surface area contributed by atoms with E-state index in [1.54, 1.807) is 30.3 Å². The first-order chi connectivity index (χ1) is 17.6. The lowest BCUT2D eigenvalue weighted by Gasteiger charge is -2.11. The average Bonchev–Trinajstić information content (AvgIpc) is 3.40. The van der Waals surface area contributed by atoms with Gasteiger partial charge in [-0.25, -0.2) is 8.78 Å². The van der Waals surface area contributed by atoms with E-state index in [0.29, 0.717) is 33.3 Å². The van der Waals surface area contributed by atoms with Crippen molar-refractivity contribution in [3.05, 3.63) is 120 Å². The van der Waals surface area contributed by atoms with Gasteiger partial charge in [0.25, 0.3) is 0 Å². The molecule has 174 valence electrons. The summed E-state index contributed by atoms with van der Waals surface area (Å²) in [4.78, 5) is 0. The molecule has 0 bridgehead atoms. The van der Waals surface area contributed by atoms with Gasteiger partial charge in [-0.15, -0.1) is 0 Å². The minimum atomic E-state index is -0.341. The topological polar surface area (TPSA) is 25.8 Å². The van der Waals surface area contributed by atoms with Crippen molar-refractivity contribution in [1.29, 1.82) is 0 Å². The summed E-state index contributed by atoms with van der Waals surface area (Å²) in [5, 5.41) is 0. The molecule has 6 rings (SSSR count). The molecule has 0 saturated heterocycles. The first-order valence-electron chi connectivity index (χ1n) is 11.6. The molecule has 6 aromatic rings. The fraction of sp³-hybridized carbons (Fsp3) is 0.0323. The molecule has 0 spiro atoms. The Bertz CT molecular complexity index is 1710. The Morgan fingerprint density at radius 2 is 0.944 bits per heavy atom. The van der Waals surface area contributed by atoms with Crippen LogP contribution in [0.4, 0.5) is 8.78 Å². The van der Waals surface area contributed by atoms with Gasteiger partial charge in [0, 0.05) is 22.3 Å². The normalized spacial score (nSPS) is 11.2. The van der Waals surface area contributed by atoms with Crippen LogP contribution in [0.25, 0.3) is 55.5 Å². The van der Waals surface area contributed by atoms with Crippen molar-refractivity contribution in [3.8, 4) is 44.5 Å². The standard InChI is InChI=1S/C31H20F2N2S/c1-19-7-9-21(10-8-19)23-12-14-25(29(33)18-23)27-16-15-26(30-31(27)35-36-34-30)24-13-11-22(17-28(24)32)20-5-3-2-4-6-20/h2-18H,1H3. The molecule has 36 heavy (non-hydrogen) atoms. The summed E-state index contributed by atoms with van der Waals surface area (Å²) in [7, 11) is 0. The van der Waals surface area contributed by atoms with E-state index in [9.17, 15) is 0 Å². The van der Waals surface area contributed by atoms with Gasteiger partial charge in [-0.3, -0.25) is 0 Å². The molecule has 5 aromatic carbocycles. The molecule has 1 aromatic heterocycles. The van der Waals surface area contributed by atoms with Crippen molar-refractivity contribution < 1.29 is 8.78 Å². The Hall–Kier alpha value is -4.22. The summed E-state index contributed by atoms with van der Waals surface area (Å²) < 4.78 is 39.5. The number of hydrogen-bond acceptors (Lipinski definition) is 3. The second kappa shape index (κ2) is 9.10. The largest absolute Gasteiger partial charge is 0.206 e. The maximum absolute atomic E-state index is 15.3. The Morgan fingerprint density at radius 1 is 0.500 bits per heavy atom. The van der Waals surface area contributed by atoms with Crippen molar-refractivity contribution in [1.82, 2.24) is 8.75 Å². The number of aryl methyl sites for hydroxylation is 1. The van der Waals surface area contributed by atoms with Crippen molar-refractivity contribution in [2.45, 2.75) is 6.92 Å². The van der Waals surface area contributed by atoms with Crippen LogP contribution in [0.5, 0.6) is 0 Å². The van der Waals surface area contributed by atoms with Gasteiger partial charge in [0.05, 0.1) is 11.7 Å². The number of rotatable bonds is 4. The highest BCUT2D eigenvalue weighted by molar-refractivity contribution is 7.00. The van der Waals surface area contributed by atoms with Crippen LogP contribution in [-0.2, 0) is 0 Å². The van der Waals surface area contributed by atoms with Crippen LogP contribution in [0.2, 0.25) is 0 Å². The van der Waals surface area contributed by atoms with Crippen LogP contribution in [0.3, 0.4) is 0 Å². The lowest BCUT2D eigenvalue weighted by atomic mass is 9.94. The average molecular weight is 491 g/mol. The van der Waals surface area contributed by atoms with E-state index in [1.165, 1.54) is 6.07 Å². The van der Waals surface area contributed by atoms with Gasteiger partial charge in [-0.05, 0) is 41.3 Å². The van der Waals surface area contributed by atoms with Gasteiger partial charge in [0.15, 0.2) is 0 Å². The van der Waals surface area contributed by atoms with E-state index < -0.39 is 0 Å². The van der Waals surface area contributed by atoms with Gasteiger partial charge in [0.1, 0.15) is 22.7 Å². The van der Waals surface area contributed by atoms with E-state index in [2.05, 4.69) is 8.75 Å². The van der Waals surface area contributed by atoms with E-state index in [0.717, 1.165) is 39.5 Å². The molecule has 0 amide bonds. The van der Waals surface area contributed by atoms with E-state index in [4.69, 9.17) is 0 Å². The third-order valence-electron chi connectivity index (χ3n) is 6.43. The summed E-state index contributed by atoms with van der Waals surface area (Å²) >= 11 is 1.04. The molecule has 5 heteroatoms. The predicted molar refractivity (Wildman–Crippen MR) is 144 cm³/mol. The molecule has 0 aliphatic carbocycles. The molecule has 1 heterocycles. The van der Waals surface area contributed by atoms with E-state index >= 15 is 8.78 Å². The third-order valence-corrected chi connectivity index (χ3v) is 6.95. The molecule has 0 aliphatic heterocycles. The van der Waals surface area contributed by atoms with Gasteiger partial charge in [-0.1, -0.05) is 96.6 Å². The summed E-state index contributed by atoms with van der Waals surface area (Å²) in [5.74, 6) is -0.680. The number of benzene rings is 5. The summed E-state index contributed by atoms with van der Waals surface area (Å²) in [6.45, 7) is 2.02. The summed E-state index contributed by atoms with van der Waals surface area (Å²) in [5.41, 5.74) is 7.94. The molecule has 0 saturated carbocycles. The maximum atomic E-state index is 15.3. The van der Waals surface area contributed by atoms with Gasteiger partial charge < -0.3 is 0 Å². The maximum Gasteiger partial charge on any atom is 0.131 e. The van der Waals surface area contributed by atoms with Gasteiger partial charge in [-0.2, -0.15) is 8.75 Å². The molecule has 2 nitrogen and oxygen atoms in total. The zero-order valence-electron chi connectivity index (χ0n) is 19.4. The fourth-order valence-corrected chi connectivity index (χ4v) is 5.08. The van der Waals surface area contributed by atoms with Crippen molar-refractivity contribution in [2.75, 3.05) is 0 Å². The molecule has 0 atom stereocenters. The highest BCUT2D eigenvalue weighted by Crippen LogP contribution is 2.38. The first-order valence-corrected chi connectivity index (χ1v) is 12.3. The Balaban J connectivity index is 1.41. The van der Waals surface area contributed by atoms with Crippen LogP contribution in [0.1, 0.15) is 5.56 Å². The number of halogens is 2. The van der Waals surface area contributed by atoms with Crippen LogP contribution in [-0.4, -0.2) is 8.75 Å². The van der Waals surface area contributed by atoms with Crippen LogP contribution in [0.15, 0.2) is 103 Å². The van der Waals surface area contributed by atoms with Crippen molar-refractivity contribution >= 4 is 22.8 Å². The Labute approximate surface area is 211 Å². The monoisotopic (exact) mass is 490 g/mol. The molecule has 0 N–H and O–H groups in total. The number of fused-ring (bicyclic) bond motifs is 1. The summed E-state index contributed by atoms with van der Waals surface area (Å²) in [6, 6.07) is 31.7. The third kappa shape index (κ3) is 3.97. The molecule has 0 radical (unpaired) electrons. The minimum Gasteiger partial charge on any atom is -0.206 e. The molecule has 0 aliphatic rings. The number of aromatic nitrogens is 2. The molecular weight excluding hydrogens is 470 g/mol. The highest BCUT2D eigenvalue weighted by Gasteiger charge is 2.18. The van der Waals surface area contributed by atoms with Crippen LogP contribution >= 0.6 is 11.7 Å². The quantitative estimate of drug-likeness (QED) is 0.246. The first kappa shape index (κ1) is 22.3. The van der Waals surface area contributed by atoms with Crippen LogP contribution in [0, 0.1) is 18.6 Å². The molecule has 0 unspecified atom stereocenters. The molecule has 0 fully saturated rings. The molecular formula is C31H20F2N2S. The zero-order valence-corrected chi connectivity index (χ0v) is 20.2.